The fourth-order valence-corrected chi connectivity index (χ4v) is 1.57. The number of rotatable bonds is 5. The maximum Gasteiger partial charge on any atom is 0.303 e. The zero-order chi connectivity index (χ0) is 11.3. The molecule has 0 spiro atoms. The molecule has 0 aliphatic heterocycles. The SMILES string of the molecule is N[C@@H](CCCC(=O)O)c1ccncc1Cl. The lowest BCUT2D eigenvalue weighted by Gasteiger charge is -2.12. The molecule has 0 radical (unpaired) electrons. The molecule has 3 N–H and O–H groups in total. The lowest BCUT2D eigenvalue weighted by molar-refractivity contribution is -0.137. The number of hydrogen-bond donors (Lipinski definition) is 2. The van der Waals surface area contributed by atoms with E-state index in [1.165, 1.54) is 6.20 Å². The van der Waals surface area contributed by atoms with Gasteiger partial charge in [-0.05, 0) is 24.5 Å². The first-order chi connectivity index (χ1) is 7.11. The molecule has 15 heavy (non-hydrogen) atoms. The van der Waals surface area contributed by atoms with Crippen LogP contribution in [0.3, 0.4) is 0 Å². The number of carbonyl (C=O) groups is 1. The van der Waals surface area contributed by atoms with Crippen molar-refractivity contribution >= 4 is 17.6 Å². The summed E-state index contributed by atoms with van der Waals surface area (Å²) in [6.45, 7) is 0. The van der Waals surface area contributed by atoms with E-state index in [0.29, 0.717) is 17.9 Å². The van der Waals surface area contributed by atoms with E-state index >= 15 is 0 Å². The molecule has 1 aromatic heterocycles. The van der Waals surface area contributed by atoms with Gasteiger partial charge in [0.15, 0.2) is 0 Å². The Labute approximate surface area is 93.1 Å². The molecule has 1 aromatic rings. The number of nitrogens with two attached hydrogens (primary N) is 1. The fraction of sp³-hybridized carbons (Fsp3) is 0.400. The van der Waals surface area contributed by atoms with E-state index in [-0.39, 0.29) is 12.5 Å². The third-order valence-corrected chi connectivity index (χ3v) is 2.42. The van der Waals surface area contributed by atoms with Gasteiger partial charge in [-0.1, -0.05) is 11.6 Å². The number of aromatic nitrogens is 1. The summed E-state index contributed by atoms with van der Waals surface area (Å²) in [6.07, 6.45) is 4.45. The molecule has 1 atom stereocenters. The second kappa shape index (κ2) is 5.68. The number of aliphatic carboxylic acids is 1. The summed E-state index contributed by atoms with van der Waals surface area (Å²) >= 11 is 5.90. The van der Waals surface area contributed by atoms with E-state index in [1.807, 2.05) is 0 Å². The molecule has 1 heterocycles. The molecule has 4 nitrogen and oxygen atoms in total. The maximum atomic E-state index is 10.3. The Morgan fingerprint density at radius 3 is 3.00 bits per heavy atom. The van der Waals surface area contributed by atoms with E-state index in [1.54, 1.807) is 12.3 Å². The molecule has 0 aliphatic rings. The second-order valence-corrected chi connectivity index (χ2v) is 3.70. The van der Waals surface area contributed by atoms with Crippen LogP contribution >= 0.6 is 11.6 Å². The zero-order valence-electron chi connectivity index (χ0n) is 8.19. The first-order valence-electron chi connectivity index (χ1n) is 4.68. The van der Waals surface area contributed by atoms with Crippen LogP contribution in [0.1, 0.15) is 30.9 Å². The topological polar surface area (TPSA) is 76.2 Å². The van der Waals surface area contributed by atoms with E-state index in [9.17, 15) is 4.79 Å². The molecule has 0 saturated heterocycles. The Morgan fingerprint density at radius 2 is 2.40 bits per heavy atom. The van der Waals surface area contributed by atoms with Crippen molar-refractivity contribution in [2.45, 2.75) is 25.3 Å². The van der Waals surface area contributed by atoms with Crippen molar-refractivity contribution in [3.8, 4) is 0 Å². The lowest BCUT2D eigenvalue weighted by atomic mass is 10.0. The van der Waals surface area contributed by atoms with Crippen LogP contribution in [0.15, 0.2) is 18.5 Å². The summed E-state index contributed by atoms with van der Waals surface area (Å²) in [7, 11) is 0. The van der Waals surface area contributed by atoms with Crippen LogP contribution in [-0.2, 0) is 4.79 Å². The van der Waals surface area contributed by atoms with Gasteiger partial charge in [0.25, 0.3) is 0 Å². The van der Waals surface area contributed by atoms with Crippen LogP contribution in [0.4, 0.5) is 0 Å². The number of carboxylic acid groups (broad SMARTS) is 1. The third-order valence-electron chi connectivity index (χ3n) is 2.11. The predicted octanol–water partition coefficient (Wildman–Crippen LogP) is 1.99. The van der Waals surface area contributed by atoms with Gasteiger partial charge in [-0.3, -0.25) is 9.78 Å². The Morgan fingerprint density at radius 1 is 1.67 bits per heavy atom. The molecular formula is C10H13ClN2O2. The first-order valence-corrected chi connectivity index (χ1v) is 5.06. The maximum absolute atomic E-state index is 10.3. The zero-order valence-corrected chi connectivity index (χ0v) is 8.94. The van der Waals surface area contributed by atoms with Crippen LogP contribution < -0.4 is 5.73 Å². The molecule has 0 bridgehead atoms. The summed E-state index contributed by atoms with van der Waals surface area (Å²) in [5.41, 5.74) is 6.69. The Bertz CT molecular complexity index is 344. The average Bonchev–Trinajstić information content (AvgIpc) is 2.17. The molecule has 0 fully saturated rings. The molecule has 0 unspecified atom stereocenters. The molecule has 5 heteroatoms. The van der Waals surface area contributed by atoms with E-state index in [2.05, 4.69) is 4.98 Å². The summed E-state index contributed by atoms with van der Waals surface area (Å²) in [5.74, 6) is -0.803. The fourth-order valence-electron chi connectivity index (χ4n) is 1.32. The molecule has 0 amide bonds. The summed E-state index contributed by atoms with van der Waals surface area (Å²) in [6, 6.07) is 1.54. The van der Waals surface area contributed by atoms with Gasteiger partial charge in [-0.15, -0.1) is 0 Å². The van der Waals surface area contributed by atoms with Crippen LogP contribution in [-0.4, -0.2) is 16.1 Å². The van der Waals surface area contributed by atoms with Crippen molar-refractivity contribution in [3.05, 3.63) is 29.0 Å². The number of pyridine rings is 1. The number of nitrogens with zero attached hydrogens (tertiary/aromatic N) is 1. The van der Waals surface area contributed by atoms with Gasteiger partial charge in [0.05, 0.1) is 5.02 Å². The Balaban J connectivity index is 2.50. The molecule has 0 saturated carbocycles. The van der Waals surface area contributed by atoms with Crippen LogP contribution in [0.5, 0.6) is 0 Å². The standard InChI is InChI=1S/C10H13ClN2O2/c11-8-6-13-5-4-7(8)9(12)2-1-3-10(14)15/h4-6,9H,1-3,12H2,(H,14,15)/t9-/m0/s1. The van der Waals surface area contributed by atoms with Gasteiger partial charge in [-0.2, -0.15) is 0 Å². The van der Waals surface area contributed by atoms with Gasteiger partial charge in [0.2, 0.25) is 0 Å². The van der Waals surface area contributed by atoms with Gasteiger partial charge < -0.3 is 10.8 Å². The normalized spacial score (nSPS) is 12.4. The average molecular weight is 229 g/mol. The highest BCUT2D eigenvalue weighted by Gasteiger charge is 2.10. The quantitative estimate of drug-likeness (QED) is 0.808. The predicted molar refractivity (Wildman–Crippen MR) is 57.7 cm³/mol. The second-order valence-electron chi connectivity index (χ2n) is 3.29. The highest BCUT2D eigenvalue weighted by molar-refractivity contribution is 6.31. The highest BCUT2D eigenvalue weighted by atomic mass is 35.5. The van der Waals surface area contributed by atoms with Gasteiger partial charge in [-0.25, -0.2) is 0 Å². The number of halogens is 1. The minimum atomic E-state index is -0.803. The molecule has 82 valence electrons. The Kier molecular flexibility index (Phi) is 4.52. The van der Waals surface area contributed by atoms with E-state index in [4.69, 9.17) is 22.4 Å². The van der Waals surface area contributed by atoms with Crippen molar-refractivity contribution in [2.24, 2.45) is 5.73 Å². The summed E-state index contributed by atoms with van der Waals surface area (Å²) in [5, 5.41) is 9.00. The third kappa shape index (κ3) is 3.85. The van der Waals surface area contributed by atoms with Gasteiger partial charge >= 0.3 is 5.97 Å². The van der Waals surface area contributed by atoms with E-state index in [0.717, 1.165) is 5.56 Å². The summed E-state index contributed by atoms with van der Waals surface area (Å²) < 4.78 is 0. The summed E-state index contributed by atoms with van der Waals surface area (Å²) in [4.78, 5) is 14.2. The minimum Gasteiger partial charge on any atom is -0.481 e. The van der Waals surface area contributed by atoms with Crippen molar-refractivity contribution in [3.63, 3.8) is 0 Å². The van der Waals surface area contributed by atoms with Crippen molar-refractivity contribution in [2.75, 3.05) is 0 Å². The van der Waals surface area contributed by atoms with Crippen LogP contribution in [0.25, 0.3) is 0 Å². The van der Waals surface area contributed by atoms with Crippen molar-refractivity contribution in [1.29, 1.82) is 0 Å². The smallest absolute Gasteiger partial charge is 0.303 e. The van der Waals surface area contributed by atoms with Crippen molar-refractivity contribution in [1.82, 2.24) is 4.98 Å². The number of hydrogen-bond acceptors (Lipinski definition) is 3. The van der Waals surface area contributed by atoms with E-state index < -0.39 is 5.97 Å². The van der Waals surface area contributed by atoms with Gasteiger partial charge in [0, 0.05) is 24.9 Å². The monoisotopic (exact) mass is 228 g/mol. The lowest BCUT2D eigenvalue weighted by Crippen LogP contribution is -2.11. The van der Waals surface area contributed by atoms with Gasteiger partial charge in [0.1, 0.15) is 0 Å². The van der Waals surface area contributed by atoms with Crippen LogP contribution in [0, 0.1) is 0 Å². The largest absolute Gasteiger partial charge is 0.481 e. The first kappa shape index (κ1) is 11.9. The number of carboxylic acids is 1. The minimum absolute atomic E-state index is 0.135. The molecule has 1 rings (SSSR count). The Hall–Kier alpha value is -1.13. The van der Waals surface area contributed by atoms with Crippen LogP contribution in [0.2, 0.25) is 5.02 Å². The molecular weight excluding hydrogens is 216 g/mol. The molecule has 0 aromatic carbocycles. The molecule has 0 aliphatic carbocycles. The van der Waals surface area contributed by atoms with Crippen molar-refractivity contribution < 1.29 is 9.90 Å². The highest BCUT2D eigenvalue weighted by Crippen LogP contribution is 2.23.